The quantitative estimate of drug-likeness (QED) is 0.687. The third kappa shape index (κ3) is 3.12. The zero-order chi connectivity index (χ0) is 10.0. The van der Waals surface area contributed by atoms with Crippen molar-refractivity contribution < 1.29 is 4.79 Å². The summed E-state index contributed by atoms with van der Waals surface area (Å²) in [6, 6.07) is 0.0774. The van der Waals surface area contributed by atoms with Gasteiger partial charge < -0.3 is 16.4 Å². The molecule has 4 nitrogen and oxygen atoms in total. The van der Waals surface area contributed by atoms with Gasteiger partial charge in [-0.1, -0.05) is 6.92 Å². The summed E-state index contributed by atoms with van der Waals surface area (Å²) in [7, 11) is 0. The van der Waals surface area contributed by atoms with Crippen LogP contribution >= 0.6 is 12.4 Å². The van der Waals surface area contributed by atoms with E-state index in [0.29, 0.717) is 6.54 Å². The molecule has 0 radical (unpaired) electrons. The van der Waals surface area contributed by atoms with Crippen LogP contribution in [-0.2, 0) is 4.79 Å². The van der Waals surface area contributed by atoms with Crippen LogP contribution in [0.4, 0.5) is 0 Å². The molecule has 1 aliphatic heterocycles. The van der Waals surface area contributed by atoms with E-state index in [2.05, 4.69) is 0 Å². The van der Waals surface area contributed by atoms with Crippen molar-refractivity contribution in [3.8, 4) is 0 Å². The van der Waals surface area contributed by atoms with Crippen molar-refractivity contribution in [1.82, 2.24) is 4.90 Å². The number of halogens is 1. The number of hydrogen-bond donors (Lipinski definition) is 2. The molecule has 1 saturated heterocycles. The molecule has 1 heterocycles. The molecule has 4 N–H and O–H groups in total. The lowest BCUT2D eigenvalue weighted by molar-refractivity contribution is -0.134. The van der Waals surface area contributed by atoms with Gasteiger partial charge in [-0.05, 0) is 13.3 Å². The molecule has 0 saturated carbocycles. The molecule has 1 rings (SSSR count). The molecule has 0 aromatic carbocycles. The van der Waals surface area contributed by atoms with Gasteiger partial charge in [0.1, 0.15) is 0 Å². The van der Waals surface area contributed by atoms with E-state index in [1.54, 1.807) is 0 Å². The number of hydrogen-bond acceptors (Lipinski definition) is 3. The van der Waals surface area contributed by atoms with Crippen LogP contribution in [0.3, 0.4) is 0 Å². The molecule has 0 aromatic heterocycles. The molecule has 0 spiro atoms. The van der Waals surface area contributed by atoms with Gasteiger partial charge in [0, 0.05) is 25.2 Å². The van der Waals surface area contributed by atoms with E-state index in [4.69, 9.17) is 11.5 Å². The first-order valence-corrected chi connectivity index (χ1v) is 4.82. The zero-order valence-electron chi connectivity index (χ0n) is 8.77. The Labute approximate surface area is 91.4 Å². The fraction of sp³-hybridized carbons (Fsp3) is 0.889. The predicted octanol–water partition coefficient (Wildman–Crippen LogP) is -0.0489. The number of nitrogens with two attached hydrogens (primary N) is 2. The minimum absolute atomic E-state index is 0. The van der Waals surface area contributed by atoms with Gasteiger partial charge in [-0.15, -0.1) is 12.4 Å². The van der Waals surface area contributed by atoms with E-state index < -0.39 is 0 Å². The van der Waals surface area contributed by atoms with E-state index in [1.165, 1.54) is 0 Å². The Bertz CT molecular complexity index is 198. The van der Waals surface area contributed by atoms with Crippen LogP contribution in [0.15, 0.2) is 0 Å². The third-order valence-electron chi connectivity index (χ3n) is 2.71. The summed E-state index contributed by atoms with van der Waals surface area (Å²) in [6.07, 6.45) is 0.914. The molecular weight excluding hydrogens is 202 g/mol. The maximum absolute atomic E-state index is 11.7. The van der Waals surface area contributed by atoms with Crippen molar-refractivity contribution in [2.45, 2.75) is 32.4 Å². The van der Waals surface area contributed by atoms with Crippen molar-refractivity contribution in [1.29, 1.82) is 0 Å². The van der Waals surface area contributed by atoms with Crippen LogP contribution in [0.1, 0.15) is 20.3 Å². The second kappa shape index (κ2) is 5.53. The second-order valence-electron chi connectivity index (χ2n) is 3.98. The van der Waals surface area contributed by atoms with Crippen molar-refractivity contribution in [3.05, 3.63) is 0 Å². The predicted molar refractivity (Wildman–Crippen MR) is 59.2 cm³/mol. The number of rotatable bonds is 2. The van der Waals surface area contributed by atoms with E-state index in [0.717, 1.165) is 13.0 Å². The van der Waals surface area contributed by atoms with Crippen molar-refractivity contribution >= 4 is 18.3 Å². The Kier molecular flexibility index (Phi) is 5.41. The third-order valence-corrected chi connectivity index (χ3v) is 2.71. The van der Waals surface area contributed by atoms with Crippen LogP contribution in [0, 0.1) is 5.92 Å². The number of nitrogens with zero attached hydrogens (tertiary/aromatic N) is 1. The van der Waals surface area contributed by atoms with Crippen molar-refractivity contribution in [2.75, 3.05) is 13.1 Å². The van der Waals surface area contributed by atoms with Crippen LogP contribution < -0.4 is 11.5 Å². The average Bonchev–Trinajstić information content (AvgIpc) is 2.49. The van der Waals surface area contributed by atoms with Crippen LogP contribution in [0.2, 0.25) is 0 Å². The highest BCUT2D eigenvalue weighted by Gasteiger charge is 2.28. The molecule has 0 aliphatic carbocycles. The summed E-state index contributed by atoms with van der Waals surface area (Å²) in [6.45, 7) is 5.21. The highest BCUT2D eigenvalue weighted by Crippen LogP contribution is 2.12. The van der Waals surface area contributed by atoms with Crippen LogP contribution in [-0.4, -0.2) is 36.0 Å². The first-order chi connectivity index (χ1) is 6.02. The maximum atomic E-state index is 11.7. The SMILES string of the molecule is CC(N)C(C)C(=O)N1CC[C@@H](N)C1.Cl. The molecule has 0 bridgehead atoms. The molecule has 2 unspecified atom stereocenters. The van der Waals surface area contributed by atoms with Crippen molar-refractivity contribution in [2.24, 2.45) is 17.4 Å². The number of likely N-dealkylation sites (tertiary alicyclic amines) is 1. The topological polar surface area (TPSA) is 72.4 Å². The van der Waals surface area contributed by atoms with Gasteiger partial charge in [0.2, 0.25) is 5.91 Å². The lowest BCUT2D eigenvalue weighted by Gasteiger charge is -2.22. The van der Waals surface area contributed by atoms with Crippen molar-refractivity contribution in [3.63, 3.8) is 0 Å². The Morgan fingerprint density at radius 3 is 2.43 bits per heavy atom. The number of carbonyl (C=O) groups is 1. The molecule has 0 aromatic rings. The minimum Gasteiger partial charge on any atom is -0.341 e. The smallest absolute Gasteiger partial charge is 0.227 e. The molecule has 5 heteroatoms. The van der Waals surface area contributed by atoms with Gasteiger partial charge >= 0.3 is 0 Å². The number of carbonyl (C=O) groups excluding carboxylic acids is 1. The Balaban J connectivity index is 0.00000169. The number of amides is 1. The fourth-order valence-electron chi connectivity index (χ4n) is 1.50. The van der Waals surface area contributed by atoms with E-state index in [1.807, 2.05) is 18.7 Å². The minimum atomic E-state index is -0.0923. The highest BCUT2D eigenvalue weighted by molar-refractivity contribution is 5.85. The molecular formula is C9H20ClN3O. The van der Waals surface area contributed by atoms with Crippen LogP contribution in [0.25, 0.3) is 0 Å². The van der Waals surface area contributed by atoms with Gasteiger partial charge in [-0.3, -0.25) is 4.79 Å². The molecule has 1 amide bonds. The van der Waals surface area contributed by atoms with Crippen LogP contribution in [0.5, 0.6) is 0 Å². The van der Waals surface area contributed by atoms with Gasteiger partial charge in [0.05, 0.1) is 5.92 Å². The maximum Gasteiger partial charge on any atom is 0.227 e. The Morgan fingerprint density at radius 2 is 2.07 bits per heavy atom. The summed E-state index contributed by atoms with van der Waals surface area (Å²) in [5.74, 6) is 0.0493. The summed E-state index contributed by atoms with van der Waals surface area (Å²) in [5.41, 5.74) is 11.4. The standard InChI is InChI=1S/C9H19N3O.ClH/c1-6(7(2)10)9(13)12-4-3-8(11)5-12;/h6-8H,3-5,10-11H2,1-2H3;1H/t6?,7?,8-;/m1./s1. The summed E-state index contributed by atoms with van der Waals surface area (Å²) >= 11 is 0. The monoisotopic (exact) mass is 221 g/mol. The highest BCUT2D eigenvalue weighted by atomic mass is 35.5. The Morgan fingerprint density at radius 1 is 1.50 bits per heavy atom. The normalized spacial score (nSPS) is 25.4. The Hall–Kier alpha value is -0.320. The largest absolute Gasteiger partial charge is 0.341 e. The lowest BCUT2D eigenvalue weighted by atomic mass is 10.0. The average molecular weight is 222 g/mol. The fourth-order valence-corrected chi connectivity index (χ4v) is 1.50. The zero-order valence-corrected chi connectivity index (χ0v) is 9.59. The van der Waals surface area contributed by atoms with E-state index in [9.17, 15) is 4.79 Å². The van der Waals surface area contributed by atoms with Gasteiger partial charge in [0.25, 0.3) is 0 Å². The molecule has 14 heavy (non-hydrogen) atoms. The first-order valence-electron chi connectivity index (χ1n) is 4.82. The van der Waals surface area contributed by atoms with Gasteiger partial charge in [-0.2, -0.15) is 0 Å². The molecule has 3 atom stereocenters. The first kappa shape index (κ1) is 13.7. The summed E-state index contributed by atoms with van der Waals surface area (Å²) < 4.78 is 0. The molecule has 1 aliphatic rings. The van der Waals surface area contributed by atoms with Gasteiger partial charge in [-0.25, -0.2) is 0 Å². The summed E-state index contributed by atoms with van der Waals surface area (Å²) in [5, 5.41) is 0. The van der Waals surface area contributed by atoms with E-state index in [-0.39, 0.29) is 36.3 Å². The molecule has 84 valence electrons. The van der Waals surface area contributed by atoms with Gasteiger partial charge in [0.15, 0.2) is 0 Å². The second-order valence-corrected chi connectivity index (χ2v) is 3.98. The lowest BCUT2D eigenvalue weighted by Crippen LogP contribution is -2.41. The van der Waals surface area contributed by atoms with E-state index >= 15 is 0 Å². The molecule has 1 fully saturated rings. The summed E-state index contributed by atoms with van der Waals surface area (Å²) in [4.78, 5) is 13.5.